The van der Waals surface area contributed by atoms with Crippen LogP contribution in [0.3, 0.4) is 0 Å². The smallest absolute Gasteiger partial charge is 0.232 e. The fourth-order valence-electron chi connectivity index (χ4n) is 3.04. The van der Waals surface area contributed by atoms with Crippen molar-refractivity contribution in [3.05, 3.63) is 36.4 Å². The van der Waals surface area contributed by atoms with Gasteiger partial charge in [0.1, 0.15) is 0 Å². The molecule has 4 heteroatoms. The molecule has 1 aliphatic rings. The van der Waals surface area contributed by atoms with Crippen molar-refractivity contribution in [1.82, 2.24) is 9.88 Å². The summed E-state index contributed by atoms with van der Waals surface area (Å²) in [6.45, 7) is 0. The van der Waals surface area contributed by atoms with Gasteiger partial charge in [-0.25, -0.2) is 4.98 Å². The van der Waals surface area contributed by atoms with E-state index in [2.05, 4.69) is 17.1 Å². The van der Waals surface area contributed by atoms with Crippen LogP contribution >= 0.6 is 11.8 Å². The molecule has 1 aromatic carbocycles. The molecule has 0 atom stereocenters. The molecule has 0 bridgehead atoms. The van der Waals surface area contributed by atoms with Crippen molar-refractivity contribution in [3.63, 3.8) is 0 Å². The van der Waals surface area contributed by atoms with E-state index in [0.717, 1.165) is 28.8 Å². The molecule has 0 radical (unpaired) electrons. The fourth-order valence-corrected chi connectivity index (χ4v) is 3.84. The number of nitrogens with zero attached hydrogens (tertiary/aromatic N) is 2. The number of amides is 1. The Hall–Kier alpha value is -1.55. The predicted molar refractivity (Wildman–Crippen MR) is 92.1 cm³/mol. The quantitative estimate of drug-likeness (QED) is 0.796. The highest BCUT2D eigenvalue weighted by Gasteiger charge is 2.21. The van der Waals surface area contributed by atoms with Gasteiger partial charge in [-0.15, -0.1) is 0 Å². The second-order valence-corrected chi connectivity index (χ2v) is 6.92. The topological polar surface area (TPSA) is 33.2 Å². The predicted octanol–water partition coefficient (Wildman–Crippen LogP) is 4.12. The molecule has 0 N–H and O–H groups in total. The highest BCUT2D eigenvalue weighted by molar-refractivity contribution is 7.99. The number of rotatable bonds is 4. The number of fused-ring (bicyclic) bond motifs is 1. The number of hydrogen-bond donors (Lipinski definition) is 0. The molecule has 1 heterocycles. The van der Waals surface area contributed by atoms with Crippen LogP contribution in [0.1, 0.15) is 32.1 Å². The third-order valence-corrected chi connectivity index (χ3v) is 5.35. The Kier molecular flexibility index (Phi) is 4.98. The Morgan fingerprint density at radius 3 is 2.77 bits per heavy atom. The average Bonchev–Trinajstić information content (AvgIpc) is 2.59. The zero-order valence-electron chi connectivity index (χ0n) is 13.0. The Labute approximate surface area is 136 Å². The molecule has 116 valence electrons. The van der Waals surface area contributed by atoms with Crippen molar-refractivity contribution in [2.24, 2.45) is 0 Å². The third-order valence-electron chi connectivity index (χ3n) is 4.43. The number of carbonyl (C=O) groups excluding carboxylic acids is 1. The molecule has 0 aliphatic heterocycles. The van der Waals surface area contributed by atoms with E-state index in [1.807, 2.05) is 36.2 Å². The normalized spacial score (nSPS) is 15.9. The van der Waals surface area contributed by atoms with Gasteiger partial charge in [-0.1, -0.05) is 55.3 Å². The third kappa shape index (κ3) is 3.61. The number of benzene rings is 1. The van der Waals surface area contributed by atoms with Crippen LogP contribution in [0, 0.1) is 0 Å². The Bertz CT molecular complexity index is 652. The number of hydrogen-bond acceptors (Lipinski definition) is 3. The minimum Gasteiger partial charge on any atom is -0.342 e. The summed E-state index contributed by atoms with van der Waals surface area (Å²) >= 11 is 1.53. The lowest BCUT2D eigenvalue weighted by molar-refractivity contribution is -0.129. The number of thioether (sulfide) groups is 1. The minimum atomic E-state index is 0.215. The zero-order chi connectivity index (χ0) is 15.4. The Morgan fingerprint density at radius 2 is 1.95 bits per heavy atom. The maximum atomic E-state index is 12.4. The van der Waals surface area contributed by atoms with Crippen molar-refractivity contribution in [3.8, 4) is 0 Å². The summed E-state index contributed by atoms with van der Waals surface area (Å²) in [5, 5.41) is 2.06. The van der Waals surface area contributed by atoms with Crippen LogP contribution in [0.4, 0.5) is 0 Å². The van der Waals surface area contributed by atoms with Crippen molar-refractivity contribution in [2.75, 3.05) is 12.8 Å². The SMILES string of the molecule is CN(C(=O)CSc1ccc2ccccc2n1)C1CCCCC1. The van der Waals surface area contributed by atoms with Crippen LogP contribution in [0.5, 0.6) is 0 Å². The summed E-state index contributed by atoms with van der Waals surface area (Å²) in [6.07, 6.45) is 6.12. The maximum absolute atomic E-state index is 12.4. The first-order valence-corrected chi connectivity index (χ1v) is 8.97. The number of aromatic nitrogens is 1. The first-order chi connectivity index (χ1) is 10.7. The molecular weight excluding hydrogens is 292 g/mol. The van der Waals surface area contributed by atoms with Gasteiger partial charge in [-0.2, -0.15) is 0 Å². The molecule has 1 saturated carbocycles. The second kappa shape index (κ2) is 7.14. The number of para-hydroxylation sites is 1. The van der Waals surface area contributed by atoms with Crippen LogP contribution in [0.25, 0.3) is 10.9 Å². The van der Waals surface area contributed by atoms with Crippen molar-refractivity contribution in [2.45, 2.75) is 43.2 Å². The van der Waals surface area contributed by atoms with E-state index < -0.39 is 0 Å². The second-order valence-electron chi connectivity index (χ2n) is 5.93. The van der Waals surface area contributed by atoms with E-state index in [1.165, 1.54) is 31.0 Å². The minimum absolute atomic E-state index is 0.215. The van der Waals surface area contributed by atoms with Gasteiger partial charge in [0.15, 0.2) is 0 Å². The summed E-state index contributed by atoms with van der Waals surface area (Å²) in [7, 11) is 1.95. The fraction of sp³-hybridized carbons (Fsp3) is 0.444. The zero-order valence-corrected chi connectivity index (χ0v) is 13.8. The lowest BCUT2D eigenvalue weighted by Gasteiger charge is -2.31. The van der Waals surface area contributed by atoms with Crippen LogP contribution in [0.15, 0.2) is 41.4 Å². The van der Waals surface area contributed by atoms with E-state index in [0.29, 0.717) is 11.8 Å². The standard InChI is InChI=1S/C18H22N2OS/c1-20(15-8-3-2-4-9-15)18(21)13-22-17-12-11-14-7-5-6-10-16(14)19-17/h5-7,10-12,15H,2-4,8-9,13H2,1H3. The average molecular weight is 314 g/mol. The molecule has 0 spiro atoms. The van der Waals surface area contributed by atoms with Gasteiger partial charge in [0.05, 0.1) is 16.3 Å². The molecule has 3 nitrogen and oxygen atoms in total. The van der Waals surface area contributed by atoms with Crippen molar-refractivity contribution in [1.29, 1.82) is 0 Å². The largest absolute Gasteiger partial charge is 0.342 e. The summed E-state index contributed by atoms with van der Waals surface area (Å²) in [5.74, 6) is 0.685. The van der Waals surface area contributed by atoms with Crippen LogP contribution in [-0.4, -0.2) is 34.6 Å². The van der Waals surface area contributed by atoms with Crippen LogP contribution < -0.4 is 0 Å². The first kappa shape index (κ1) is 15.3. The van der Waals surface area contributed by atoms with Gasteiger partial charge < -0.3 is 4.90 Å². The van der Waals surface area contributed by atoms with Gasteiger partial charge in [-0.05, 0) is 25.0 Å². The number of pyridine rings is 1. The van der Waals surface area contributed by atoms with Crippen LogP contribution in [-0.2, 0) is 4.79 Å². The highest BCUT2D eigenvalue weighted by Crippen LogP contribution is 2.24. The molecule has 1 aliphatic carbocycles. The van der Waals surface area contributed by atoms with Gasteiger partial charge in [0.25, 0.3) is 0 Å². The summed E-state index contributed by atoms with van der Waals surface area (Å²) in [6, 6.07) is 12.6. The van der Waals surface area contributed by atoms with Gasteiger partial charge >= 0.3 is 0 Å². The first-order valence-electron chi connectivity index (χ1n) is 7.98. The molecular formula is C18H22N2OS. The molecule has 1 amide bonds. The van der Waals surface area contributed by atoms with Gasteiger partial charge in [0, 0.05) is 18.5 Å². The monoisotopic (exact) mass is 314 g/mol. The summed E-state index contributed by atoms with van der Waals surface area (Å²) in [5.41, 5.74) is 0.987. The van der Waals surface area contributed by atoms with Crippen molar-refractivity contribution >= 4 is 28.6 Å². The lowest BCUT2D eigenvalue weighted by Crippen LogP contribution is -2.39. The molecule has 22 heavy (non-hydrogen) atoms. The molecule has 1 aromatic heterocycles. The highest BCUT2D eigenvalue weighted by atomic mass is 32.2. The summed E-state index contributed by atoms with van der Waals surface area (Å²) < 4.78 is 0. The van der Waals surface area contributed by atoms with Crippen LogP contribution in [0.2, 0.25) is 0 Å². The molecule has 2 aromatic rings. The van der Waals surface area contributed by atoms with E-state index in [9.17, 15) is 4.79 Å². The lowest BCUT2D eigenvalue weighted by atomic mass is 9.94. The molecule has 0 saturated heterocycles. The Balaban J connectivity index is 1.59. The van der Waals surface area contributed by atoms with E-state index >= 15 is 0 Å². The van der Waals surface area contributed by atoms with Gasteiger partial charge in [-0.3, -0.25) is 4.79 Å². The summed E-state index contributed by atoms with van der Waals surface area (Å²) in [4.78, 5) is 18.9. The van der Waals surface area contributed by atoms with Crippen molar-refractivity contribution < 1.29 is 4.79 Å². The van der Waals surface area contributed by atoms with E-state index in [1.54, 1.807) is 0 Å². The maximum Gasteiger partial charge on any atom is 0.232 e. The molecule has 1 fully saturated rings. The van der Waals surface area contributed by atoms with Gasteiger partial charge in [0.2, 0.25) is 5.91 Å². The Morgan fingerprint density at radius 1 is 1.18 bits per heavy atom. The number of carbonyl (C=O) groups is 1. The molecule has 3 rings (SSSR count). The van der Waals surface area contributed by atoms with E-state index in [-0.39, 0.29) is 5.91 Å². The molecule has 0 unspecified atom stereocenters. The van der Waals surface area contributed by atoms with E-state index in [4.69, 9.17) is 0 Å².